The van der Waals surface area contributed by atoms with Gasteiger partial charge in [-0.15, -0.1) is 11.8 Å². The molecule has 2 rings (SSSR count). The fourth-order valence-corrected chi connectivity index (χ4v) is 2.38. The normalized spacial score (nSPS) is 11.9. The van der Waals surface area contributed by atoms with Crippen LogP contribution in [0.2, 0.25) is 0 Å². The second kappa shape index (κ2) is 7.36. The molecule has 0 aromatic heterocycles. The molecule has 0 aliphatic heterocycles. The van der Waals surface area contributed by atoms with Crippen LogP contribution in [0, 0.1) is 11.8 Å². The molecule has 2 aromatic rings. The Morgan fingerprint density at radius 1 is 0.905 bits per heavy atom. The zero-order chi connectivity index (χ0) is 15.2. The summed E-state index contributed by atoms with van der Waals surface area (Å²) < 4.78 is 0. The molecule has 2 heteroatoms. The highest BCUT2D eigenvalue weighted by Crippen LogP contribution is 2.19. The lowest BCUT2D eigenvalue weighted by molar-refractivity contribution is 0.238. The first-order chi connectivity index (χ1) is 10.1. The zero-order valence-corrected chi connectivity index (χ0v) is 13.4. The molecule has 108 valence electrons. The van der Waals surface area contributed by atoms with E-state index in [0.29, 0.717) is 5.92 Å². The van der Waals surface area contributed by atoms with Crippen LogP contribution in [0.15, 0.2) is 53.4 Å². The number of rotatable bonds is 3. The Balaban J connectivity index is 2.10. The minimum atomic E-state index is -0.744. The summed E-state index contributed by atoms with van der Waals surface area (Å²) in [4.78, 5) is 1.21. The van der Waals surface area contributed by atoms with Gasteiger partial charge in [-0.3, -0.25) is 0 Å². The van der Waals surface area contributed by atoms with Crippen LogP contribution < -0.4 is 0 Å². The quantitative estimate of drug-likeness (QED) is 0.659. The lowest BCUT2D eigenvalue weighted by atomic mass is 10.00. The van der Waals surface area contributed by atoms with E-state index in [0.717, 1.165) is 11.1 Å². The van der Waals surface area contributed by atoms with Gasteiger partial charge in [-0.1, -0.05) is 50.0 Å². The van der Waals surface area contributed by atoms with Gasteiger partial charge in [-0.05, 0) is 47.6 Å². The molecule has 1 nitrogen and oxygen atoms in total. The largest absolute Gasteiger partial charge is 0.376 e. The molecule has 0 fully saturated rings. The van der Waals surface area contributed by atoms with E-state index < -0.39 is 6.10 Å². The predicted octanol–water partition coefficient (Wildman–Crippen LogP) is 4.62. The first kappa shape index (κ1) is 15.7. The van der Waals surface area contributed by atoms with Gasteiger partial charge < -0.3 is 5.11 Å². The minimum Gasteiger partial charge on any atom is -0.376 e. The molecule has 1 atom stereocenters. The molecule has 0 spiro atoms. The third kappa shape index (κ3) is 4.39. The second-order valence-electron chi connectivity index (χ2n) is 5.22. The molecule has 1 N–H and O–H groups in total. The summed E-state index contributed by atoms with van der Waals surface area (Å²) in [6.45, 7) is 4.31. The molecule has 0 aliphatic rings. The lowest BCUT2D eigenvalue weighted by Crippen LogP contribution is -1.95. The number of hydrogen-bond donors (Lipinski definition) is 1. The SMILES string of the molecule is CSc1ccc(C#CC(O)c2ccc(C(C)C)cc2)cc1. The molecular weight excluding hydrogens is 276 g/mol. The molecule has 0 radical (unpaired) electrons. The van der Waals surface area contributed by atoms with E-state index in [9.17, 15) is 5.11 Å². The average Bonchev–Trinajstić information content (AvgIpc) is 2.53. The highest BCUT2D eigenvalue weighted by Gasteiger charge is 2.04. The van der Waals surface area contributed by atoms with Gasteiger partial charge in [-0.25, -0.2) is 0 Å². The minimum absolute atomic E-state index is 0.497. The van der Waals surface area contributed by atoms with E-state index in [1.807, 2.05) is 42.7 Å². The maximum atomic E-state index is 10.1. The second-order valence-corrected chi connectivity index (χ2v) is 6.10. The fourth-order valence-electron chi connectivity index (χ4n) is 1.97. The van der Waals surface area contributed by atoms with Gasteiger partial charge in [-0.2, -0.15) is 0 Å². The topological polar surface area (TPSA) is 20.2 Å². The van der Waals surface area contributed by atoms with E-state index >= 15 is 0 Å². The van der Waals surface area contributed by atoms with E-state index in [-0.39, 0.29) is 0 Å². The van der Waals surface area contributed by atoms with Gasteiger partial charge in [0.1, 0.15) is 6.10 Å². The molecule has 0 heterocycles. The van der Waals surface area contributed by atoms with Gasteiger partial charge in [0.15, 0.2) is 0 Å². The molecular formula is C19H20OS. The summed E-state index contributed by atoms with van der Waals surface area (Å²) in [5.41, 5.74) is 3.03. The Morgan fingerprint density at radius 3 is 2.00 bits per heavy atom. The van der Waals surface area contributed by atoms with Gasteiger partial charge >= 0.3 is 0 Å². The van der Waals surface area contributed by atoms with Crippen LogP contribution in [0.5, 0.6) is 0 Å². The number of hydrogen-bond acceptors (Lipinski definition) is 2. The van der Waals surface area contributed by atoms with E-state index in [1.54, 1.807) is 11.8 Å². The molecule has 0 aliphatic carbocycles. The Morgan fingerprint density at radius 2 is 1.48 bits per heavy atom. The Hall–Kier alpha value is -1.69. The Kier molecular flexibility index (Phi) is 5.50. The maximum Gasteiger partial charge on any atom is 0.140 e. The van der Waals surface area contributed by atoms with Crippen molar-refractivity contribution in [2.24, 2.45) is 0 Å². The summed E-state index contributed by atoms with van der Waals surface area (Å²) in [6.07, 6.45) is 1.30. The van der Waals surface area contributed by atoms with Crippen LogP contribution in [-0.4, -0.2) is 11.4 Å². The van der Waals surface area contributed by atoms with Crippen LogP contribution in [0.1, 0.15) is 42.6 Å². The lowest BCUT2D eigenvalue weighted by Gasteiger charge is -2.08. The van der Waals surface area contributed by atoms with Crippen molar-refractivity contribution in [2.75, 3.05) is 6.26 Å². The molecule has 1 unspecified atom stereocenters. The van der Waals surface area contributed by atoms with Crippen molar-refractivity contribution < 1.29 is 5.11 Å². The third-order valence-electron chi connectivity index (χ3n) is 3.36. The van der Waals surface area contributed by atoms with Gasteiger partial charge in [0.2, 0.25) is 0 Å². The van der Waals surface area contributed by atoms with Crippen molar-refractivity contribution in [1.82, 2.24) is 0 Å². The van der Waals surface area contributed by atoms with Crippen molar-refractivity contribution >= 4 is 11.8 Å². The van der Waals surface area contributed by atoms with E-state index in [2.05, 4.69) is 37.8 Å². The van der Waals surface area contributed by atoms with Crippen molar-refractivity contribution in [3.05, 3.63) is 65.2 Å². The predicted molar refractivity (Wildman–Crippen MR) is 90.6 cm³/mol. The van der Waals surface area contributed by atoms with Crippen molar-refractivity contribution in [1.29, 1.82) is 0 Å². The molecule has 0 saturated carbocycles. The highest BCUT2D eigenvalue weighted by molar-refractivity contribution is 7.98. The van der Waals surface area contributed by atoms with E-state index in [1.165, 1.54) is 10.5 Å². The third-order valence-corrected chi connectivity index (χ3v) is 4.11. The molecule has 2 aromatic carbocycles. The smallest absolute Gasteiger partial charge is 0.140 e. The van der Waals surface area contributed by atoms with Crippen LogP contribution >= 0.6 is 11.8 Å². The summed E-state index contributed by atoms with van der Waals surface area (Å²) in [6, 6.07) is 16.0. The van der Waals surface area contributed by atoms with E-state index in [4.69, 9.17) is 0 Å². The van der Waals surface area contributed by atoms with Gasteiger partial charge in [0.05, 0.1) is 0 Å². The van der Waals surface area contributed by atoms with Crippen LogP contribution in [0.25, 0.3) is 0 Å². The number of benzene rings is 2. The van der Waals surface area contributed by atoms with Crippen molar-refractivity contribution in [2.45, 2.75) is 30.8 Å². The van der Waals surface area contributed by atoms with Crippen molar-refractivity contribution in [3.63, 3.8) is 0 Å². The Labute approximate surface area is 131 Å². The first-order valence-electron chi connectivity index (χ1n) is 7.03. The number of thioether (sulfide) groups is 1. The first-order valence-corrected chi connectivity index (χ1v) is 8.26. The summed E-state index contributed by atoms with van der Waals surface area (Å²) in [5, 5.41) is 10.1. The van der Waals surface area contributed by atoms with Crippen LogP contribution in [0.4, 0.5) is 0 Å². The van der Waals surface area contributed by atoms with Gasteiger partial charge in [0.25, 0.3) is 0 Å². The molecule has 21 heavy (non-hydrogen) atoms. The molecule has 0 amide bonds. The molecule has 0 bridgehead atoms. The monoisotopic (exact) mass is 296 g/mol. The van der Waals surface area contributed by atoms with Crippen molar-refractivity contribution in [3.8, 4) is 11.8 Å². The Bertz CT molecular complexity index is 630. The average molecular weight is 296 g/mol. The summed E-state index contributed by atoms with van der Waals surface area (Å²) >= 11 is 1.70. The van der Waals surface area contributed by atoms with Crippen LogP contribution in [-0.2, 0) is 0 Å². The molecule has 0 saturated heterocycles. The number of aliphatic hydroxyl groups is 1. The number of aliphatic hydroxyl groups excluding tert-OH is 1. The summed E-state index contributed by atoms with van der Waals surface area (Å²) in [7, 11) is 0. The maximum absolute atomic E-state index is 10.1. The van der Waals surface area contributed by atoms with Gasteiger partial charge in [0, 0.05) is 10.5 Å². The highest BCUT2D eigenvalue weighted by atomic mass is 32.2. The zero-order valence-electron chi connectivity index (χ0n) is 12.6. The fraction of sp³-hybridized carbons (Fsp3) is 0.263. The summed E-state index contributed by atoms with van der Waals surface area (Å²) in [5.74, 6) is 6.42. The van der Waals surface area contributed by atoms with Crippen LogP contribution in [0.3, 0.4) is 0 Å². The standard InChI is InChI=1S/C19H20OS/c1-14(2)16-7-9-17(10-8-16)19(20)13-6-15-4-11-18(21-3)12-5-15/h4-5,7-12,14,19-20H,1-3H3.